The molecule has 26 heavy (non-hydrogen) atoms. The molecule has 5 rings (SSSR count). The van der Waals surface area contributed by atoms with Gasteiger partial charge in [-0.25, -0.2) is 0 Å². The molecule has 142 valence electrons. The highest BCUT2D eigenvalue weighted by atomic mass is 32.2. The van der Waals surface area contributed by atoms with E-state index in [2.05, 4.69) is 45.9 Å². The minimum atomic E-state index is 0.317. The molecule has 0 N–H and O–H groups in total. The smallest absolute Gasteiger partial charge is 0.232 e. The summed E-state index contributed by atoms with van der Waals surface area (Å²) in [5.41, 5.74) is 2.66. The molecular weight excluding hydrogens is 342 g/mol. The summed E-state index contributed by atoms with van der Waals surface area (Å²) in [6.07, 6.45) is 2.75. The third-order valence-corrected chi connectivity index (χ3v) is 7.47. The molecule has 4 saturated heterocycles. The fraction of sp³-hybridized carbons (Fsp3) is 0.667. The van der Waals surface area contributed by atoms with E-state index >= 15 is 0 Å². The number of carbonyl (C=O) groups excluding carboxylic acids is 1. The zero-order valence-electron chi connectivity index (χ0n) is 15.9. The molecule has 0 radical (unpaired) electrons. The van der Waals surface area contributed by atoms with Gasteiger partial charge < -0.3 is 9.80 Å². The molecule has 0 aromatic heterocycles. The van der Waals surface area contributed by atoms with Crippen LogP contribution in [0.3, 0.4) is 0 Å². The van der Waals surface area contributed by atoms with Gasteiger partial charge in [-0.05, 0) is 49.9 Å². The van der Waals surface area contributed by atoms with Gasteiger partial charge in [-0.3, -0.25) is 9.69 Å². The number of hydrogen-bond acceptors (Lipinski definition) is 4. The van der Waals surface area contributed by atoms with Crippen LogP contribution in [0, 0.1) is 12.8 Å². The Morgan fingerprint density at radius 2 is 1.81 bits per heavy atom. The second-order valence-electron chi connectivity index (χ2n) is 8.04. The molecule has 1 unspecified atom stereocenters. The molecule has 0 spiro atoms. The summed E-state index contributed by atoms with van der Waals surface area (Å²) < 4.78 is 0. The van der Waals surface area contributed by atoms with Gasteiger partial charge >= 0.3 is 0 Å². The first kappa shape index (κ1) is 18.3. The van der Waals surface area contributed by atoms with Crippen LogP contribution in [0.25, 0.3) is 0 Å². The van der Waals surface area contributed by atoms with Crippen LogP contribution < -0.4 is 0 Å². The zero-order chi connectivity index (χ0) is 17.9. The van der Waals surface area contributed by atoms with Crippen molar-refractivity contribution < 1.29 is 4.79 Å². The number of thioether (sulfide) groups is 1. The number of piperazine rings is 1. The molecule has 1 amide bonds. The van der Waals surface area contributed by atoms with Crippen LogP contribution in [0.1, 0.15) is 24.0 Å². The Bertz CT molecular complexity index is 621. The Kier molecular flexibility index (Phi) is 5.87. The molecule has 5 heteroatoms. The van der Waals surface area contributed by atoms with Crippen molar-refractivity contribution in [2.24, 2.45) is 5.92 Å². The van der Waals surface area contributed by atoms with Crippen molar-refractivity contribution in [2.75, 3.05) is 51.6 Å². The monoisotopic (exact) mass is 373 g/mol. The summed E-state index contributed by atoms with van der Waals surface area (Å²) in [6.45, 7) is 9.94. The Hall–Kier alpha value is -1.04. The Morgan fingerprint density at radius 3 is 2.46 bits per heavy atom. The van der Waals surface area contributed by atoms with Crippen molar-refractivity contribution in [2.45, 2.75) is 31.6 Å². The fourth-order valence-corrected chi connectivity index (χ4v) is 5.77. The van der Waals surface area contributed by atoms with Gasteiger partial charge in [-0.1, -0.05) is 24.3 Å². The van der Waals surface area contributed by atoms with Crippen molar-refractivity contribution in [3.63, 3.8) is 0 Å². The lowest BCUT2D eigenvalue weighted by Gasteiger charge is -2.51. The third kappa shape index (κ3) is 4.10. The van der Waals surface area contributed by atoms with Crippen LogP contribution >= 0.6 is 11.8 Å². The predicted octanol–water partition coefficient (Wildman–Crippen LogP) is 2.47. The van der Waals surface area contributed by atoms with Crippen molar-refractivity contribution >= 4 is 17.7 Å². The number of fused-ring (bicyclic) bond motifs is 3. The van der Waals surface area contributed by atoms with Crippen LogP contribution in [0.4, 0.5) is 0 Å². The number of piperidine rings is 3. The summed E-state index contributed by atoms with van der Waals surface area (Å²) in [5.74, 6) is 2.75. The van der Waals surface area contributed by atoms with E-state index in [1.165, 1.54) is 43.6 Å². The van der Waals surface area contributed by atoms with Gasteiger partial charge in [0.05, 0.1) is 5.75 Å². The minimum Gasteiger partial charge on any atom is -0.339 e. The molecule has 4 fully saturated rings. The van der Waals surface area contributed by atoms with Gasteiger partial charge in [-0.15, -0.1) is 11.8 Å². The average Bonchev–Trinajstić information content (AvgIpc) is 2.70. The van der Waals surface area contributed by atoms with Crippen LogP contribution in [0.2, 0.25) is 0 Å². The lowest BCUT2D eigenvalue weighted by Crippen LogP contribution is -2.61. The van der Waals surface area contributed by atoms with Crippen molar-refractivity contribution in [3.8, 4) is 0 Å². The number of aryl methyl sites for hydroxylation is 1. The van der Waals surface area contributed by atoms with Gasteiger partial charge in [0.15, 0.2) is 0 Å². The van der Waals surface area contributed by atoms with Crippen LogP contribution in [-0.2, 0) is 10.5 Å². The number of hydrogen-bond donors (Lipinski definition) is 0. The number of rotatable bonds is 5. The first-order valence-corrected chi connectivity index (χ1v) is 11.2. The maximum atomic E-state index is 12.6. The molecule has 0 saturated carbocycles. The van der Waals surface area contributed by atoms with E-state index in [4.69, 9.17) is 0 Å². The highest BCUT2D eigenvalue weighted by Gasteiger charge is 2.38. The van der Waals surface area contributed by atoms with E-state index in [9.17, 15) is 4.79 Å². The lowest BCUT2D eigenvalue weighted by molar-refractivity contribution is -0.131. The number of benzene rings is 1. The van der Waals surface area contributed by atoms with Gasteiger partial charge in [0.2, 0.25) is 5.91 Å². The molecular formula is C21H31N3OS. The molecule has 4 nitrogen and oxygen atoms in total. The van der Waals surface area contributed by atoms with E-state index in [0.717, 1.165) is 43.9 Å². The SMILES string of the molecule is Cc1ccccc1CSCC(=O)N1CCN(C2CN3CCC2CC3)CC1. The number of amides is 1. The molecule has 4 aliphatic rings. The number of carbonyl (C=O) groups is 1. The maximum Gasteiger partial charge on any atom is 0.232 e. The fourth-order valence-electron chi connectivity index (χ4n) is 4.76. The molecule has 1 aromatic rings. The molecule has 0 aliphatic carbocycles. The summed E-state index contributed by atoms with van der Waals surface area (Å²) in [6, 6.07) is 9.21. The summed E-state index contributed by atoms with van der Waals surface area (Å²) in [4.78, 5) is 19.9. The zero-order valence-corrected chi connectivity index (χ0v) is 16.7. The summed E-state index contributed by atoms with van der Waals surface area (Å²) in [5, 5.41) is 0. The van der Waals surface area contributed by atoms with Gasteiger partial charge in [0, 0.05) is 44.5 Å². The number of nitrogens with zero attached hydrogens (tertiary/aromatic N) is 3. The van der Waals surface area contributed by atoms with Gasteiger partial charge in [-0.2, -0.15) is 0 Å². The minimum absolute atomic E-state index is 0.317. The third-order valence-electron chi connectivity index (χ3n) is 6.50. The molecule has 4 aliphatic heterocycles. The van der Waals surface area contributed by atoms with Crippen molar-refractivity contribution in [3.05, 3.63) is 35.4 Å². The van der Waals surface area contributed by atoms with Crippen LogP contribution in [0.5, 0.6) is 0 Å². The highest BCUT2D eigenvalue weighted by Crippen LogP contribution is 2.31. The first-order valence-electron chi connectivity index (χ1n) is 10.1. The second kappa shape index (κ2) is 8.32. The second-order valence-corrected chi connectivity index (χ2v) is 9.03. The topological polar surface area (TPSA) is 26.8 Å². The molecule has 4 heterocycles. The average molecular weight is 374 g/mol. The Balaban J connectivity index is 1.21. The largest absolute Gasteiger partial charge is 0.339 e. The van der Waals surface area contributed by atoms with E-state index < -0.39 is 0 Å². The van der Waals surface area contributed by atoms with Crippen molar-refractivity contribution in [1.29, 1.82) is 0 Å². The van der Waals surface area contributed by atoms with Crippen LogP contribution in [0.15, 0.2) is 24.3 Å². The quantitative estimate of drug-likeness (QED) is 0.792. The van der Waals surface area contributed by atoms with Crippen LogP contribution in [-0.4, -0.2) is 78.2 Å². The lowest BCUT2D eigenvalue weighted by atomic mass is 9.83. The van der Waals surface area contributed by atoms with E-state index in [0.29, 0.717) is 11.7 Å². The first-order chi connectivity index (χ1) is 12.7. The van der Waals surface area contributed by atoms with Crippen molar-refractivity contribution in [1.82, 2.24) is 14.7 Å². The highest BCUT2D eigenvalue weighted by molar-refractivity contribution is 7.99. The normalized spacial score (nSPS) is 29.1. The summed E-state index contributed by atoms with van der Waals surface area (Å²) >= 11 is 1.75. The van der Waals surface area contributed by atoms with E-state index in [1.54, 1.807) is 11.8 Å². The Morgan fingerprint density at radius 1 is 1.08 bits per heavy atom. The molecule has 2 bridgehead atoms. The predicted molar refractivity (Wildman–Crippen MR) is 108 cm³/mol. The Labute approximate surface area is 161 Å². The van der Waals surface area contributed by atoms with E-state index in [1.807, 2.05) is 0 Å². The standard InChI is InChI=1S/C21H31N3OS/c1-17-4-2-3-5-19(17)15-26-16-21(25)24-12-10-23(11-13-24)20-14-22-8-6-18(20)7-9-22/h2-5,18,20H,6-16H2,1H3. The van der Waals surface area contributed by atoms with Gasteiger partial charge in [0.25, 0.3) is 0 Å². The van der Waals surface area contributed by atoms with Gasteiger partial charge in [0.1, 0.15) is 0 Å². The van der Waals surface area contributed by atoms with E-state index in [-0.39, 0.29) is 0 Å². The summed E-state index contributed by atoms with van der Waals surface area (Å²) in [7, 11) is 0. The maximum absolute atomic E-state index is 12.6. The molecule has 1 aromatic carbocycles. The molecule has 1 atom stereocenters.